The van der Waals surface area contributed by atoms with Crippen LogP contribution in [0.15, 0.2) is 33.5 Å². The Balaban J connectivity index is 0.000000330. The van der Waals surface area contributed by atoms with Crippen molar-refractivity contribution in [1.82, 2.24) is 4.98 Å². The summed E-state index contributed by atoms with van der Waals surface area (Å²) in [6.07, 6.45) is 0. The van der Waals surface area contributed by atoms with Crippen molar-refractivity contribution in [2.45, 2.75) is 35.1 Å². The molecule has 0 unspecified atom stereocenters. The van der Waals surface area contributed by atoms with Crippen LogP contribution in [0.25, 0.3) is 11.1 Å². The number of aromatic amines is 1. The van der Waals surface area contributed by atoms with Crippen LogP contribution in [-0.4, -0.2) is 4.98 Å². The molecule has 0 saturated carbocycles. The monoisotopic (exact) mass is 223 g/mol. The predicted octanol–water partition coefficient (Wildman–Crippen LogP) is 3.81. The van der Waals surface area contributed by atoms with Gasteiger partial charge in [0.15, 0.2) is 5.58 Å². The van der Waals surface area contributed by atoms with Gasteiger partial charge in [-0.05, 0) is 17.5 Å². The van der Waals surface area contributed by atoms with Gasteiger partial charge in [-0.25, -0.2) is 4.79 Å². The third-order valence-electron chi connectivity index (χ3n) is 1.33. The molecule has 0 atom stereocenters. The van der Waals surface area contributed by atoms with E-state index < -0.39 is 5.76 Å². The zero-order valence-corrected chi connectivity index (χ0v) is 9.63. The normalized spacial score (nSPS) is 10.2. The van der Waals surface area contributed by atoms with Crippen molar-refractivity contribution in [2.24, 2.45) is 5.41 Å². The van der Waals surface area contributed by atoms with Crippen LogP contribution < -0.4 is 5.76 Å². The predicted molar refractivity (Wildman–Crippen MR) is 68.7 cm³/mol. The topological polar surface area (TPSA) is 46.0 Å². The highest BCUT2D eigenvalue weighted by Gasteiger charge is 1.96. The highest BCUT2D eigenvalue weighted by atomic mass is 16.4. The molecule has 1 aromatic heterocycles. The van der Waals surface area contributed by atoms with Crippen LogP contribution in [0, 0.1) is 5.41 Å². The fourth-order valence-corrected chi connectivity index (χ4v) is 0.894. The molecule has 2 aromatic rings. The Hall–Kier alpha value is -1.51. The Morgan fingerprint density at radius 3 is 2.12 bits per heavy atom. The Bertz CT molecular complexity index is 432. The fraction of sp³-hybridized carbons (Fsp3) is 0.462. The van der Waals surface area contributed by atoms with E-state index in [0.717, 1.165) is 5.52 Å². The molecule has 0 fully saturated rings. The lowest BCUT2D eigenvalue weighted by atomic mass is 10.0. The third kappa shape index (κ3) is 5.39. The van der Waals surface area contributed by atoms with E-state index in [-0.39, 0.29) is 7.43 Å². The Kier molecular flexibility index (Phi) is 5.02. The van der Waals surface area contributed by atoms with Crippen molar-refractivity contribution in [3.05, 3.63) is 34.8 Å². The van der Waals surface area contributed by atoms with Crippen molar-refractivity contribution in [3.8, 4) is 0 Å². The van der Waals surface area contributed by atoms with E-state index in [1.807, 2.05) is 12.1 Å². The summed E-state index contributed by atoms with van der Waals surface area (Å²) in [5, 5.41) is 0. The maximum atomic E-state index is 10.6. The average molecular weight is 223 g/mol. The van der Waals surface area contributed by atoms with Gasteiger partial charge >= 0.3 is 5.76 Å². The van der Waals surface area contributed by atoms with E-state index in [0.29, 0.717) is 11.0 Å². The van der Waals surface area contributed by atoms with E-state index in [1.54, 1.807) is 12.1 Å². The van der Waals surface area contributed by atoms with Gasteiger partial charge in [0.05, 0.1) is 5.52 Å². The minimum absolute atomic E-state index is 0. The van der Waals surface area contributed by atoms with Gasteiger partial charge in [-0.2, -0.15) is 0 Å². The molecule has 3 heteroatoms. The van der Waals surface area contributed by atoms with Gasteiger partial charge in [0, 0.05) is 0 Å². The number of fused-ring (bicyclic) bond motifs is 1. The van der Waals surface area contributed by atoms with Crippen molar-refractivity contribution in [1.29, 1.82) is 0 Å². The standard InChI is InChI=1S/C7H5NO2.C5H12.CH4/c9-7-8-5-3-1-2-4-6(5)10-7;1-5(2,3)4;/h1-4H,(H,8,9);1-4H3;1H4. The molecule has 2 rings (SSSR count). The number of oxazole rings is 1. The number of nitrogens with one attached hydrogen (secondary N) is 1. The molecule has 0 spiro atoms. The molecule has 0 aliphatic heterocycles. The maximum absolute atomic E-state index is 10.6. The number of aromatic nitrogens is 1. The summed E-state index contributed by atoms with van der Waals surface area (Å²) in [5.41, 5.74) is 1.85. The van der Waals surface area contributed by atoms with Crippen molar-refractivity contribution >= 4 is 11.1 Å². The zero-order valence-electron chi connectivity index (χ0n) is 9.63. The van der Waals surface area contributed by atoms with Gasteiger partial charge in [-0.1, -0.05) is 47.3 Å². The summed E-state index contributed by atoms with van der Waals surface area (Å²) in [6, 6.07) is 7.19. The SMILES string of the molecule is C.CC(C)(C)C.O=c1[nH]c2ccccc2o1. The van der Waals surface area contributed by atoms with E-state index >= 15 is 0 Å². The highest BCUT2D eigenvalue weighted by Crippen LogP contribution is 2.08. The Morgan fingerprint density at radius 2 is 1.62 bits per heavy atom. The largest absolute Gasteiger partial charge is 0.417 e. The van der Waals surface area contributed by atoms with Crippen molar-refractivity contribution in [2.75, 3.05) is 0 Å². The van der Waals surface area contributed by atoms with E-state index in [4.69, 9.17) is 4.42 Å². The summed E-state index contributed by atoms with van der Waals surface area (Å²) in [7, 11) is 0. The zero-order chi connectivity index (χ0) is 11.5. The van der Waals surface area contributed by atoms with Crippen LogP contribution in [0.2, 0.25) is 0 Å². The number of H-pyrrole nitrogens is 1. The summed E-state index contributed by atoms with van der Waals surface area (Å²) in [6.45, 7) is 8.75. The van der Waals surface area contributed by atoms with E-state index in [2.05, 4.69) is 32.7 Å². The van der Waals surface area contributed by atoms with Crippen LogP contribution in [0.4, 0.5) is 0 Å². The lowest BCUT2D eigenvalue weighted by Crippen LogP contribution is -1.93. The fourth-order valence-electron chi connectivity index (χ4n) is 0.894. The third-order valence-corrected chi connectivity index (χ3v) is 1.33. The van der Waals surface area contributed by atoms with E-state index in [1.165, 1.54) is 0 Å². The first-order valence-corrected chi connectivity index (χ1v) is 4.94. The van der Waals surface area contributed by atoms with Crippen LogP contribution in [0.3, 0.4) is 0 Å². The molecule has 1 aromatic carbocycles. The second kappa shape index (κ2) is 5.54. The summed E-state index contributed by atoms with van der Waals surface area (Å²) in [4.78, 5) is 13.1. The van der Waals surface area contributed by atoms with Crippen LogP contribution in [-0.2, 0) is 0 Å². The van der Waals surface area contributed by atoms with Gasteiger partial charge in [0.25, 0.3) is 0 Å². The molecule has 0 radical (unpaired) electrons. The molecular weight excluding hydrogens is 202 g/mol. The van der Waals surface area contributed by atoms with Gasteiger partial charge in [-0.3, -0.25) is 4.98 Å². The number of benzene rings is 1. The molecule has 0 bridgehead atoms. The number of para-hydroxylation sites is 2. The first kappa shape index (κ1) is 14.5. The minimum Gasteiger partial charge on any atom is -0.408 e. The van der Waals surface area contributed by atoms with Gasteiger partial charge < -0.3 is 4.42 Å². The molecule has 90 valence electrons. The van der Waals surface area contributed by atoms with Crippen LogP contribution in [0.5, 0.6) is 0 Å². The lowest BCUT2D eigenvalue weighted by molar-refractivity contribution is 0.469. The molecule has 0 aliphatic rings. The molecular formula is C13H21NO2. The lowest BCUT2D eigenvalue weighted by Gasteiger charge is -2.05. The molecule has 0 saturated heterocycles. The number of hydrogen-bond donors (Lipinski definition) is 1. The van der Waals surface area contributed by atoms with Gasteiger partial charge in [0.1, 0.15) is 0 Å². The van der Waals surface area contributed by atoms with Crippen molar-refractivity contribution < 1.29 is 4.42 Å². The second-order valence-electron chi connectivity index (χ2n) is 5.01. The van der Waals surface area contributed by atoms with Crippen LogP contribution >= 0.6 is 0 Å². The molecule has 0 aliphatic carbocycles. The first-order valence-electron chi connectivity index (χ1n) is 4.94. The van der Waals surface area contributed by atoms with Gasteiger partial charge in [0.2, 0.25) is 0 Å². The number of hydrogen-bond acceptors (Lipinski definition) is 2. The molecule has 1 heterocycles. The van der Waals surface area contributed by atoms with Gasteiger partial charge in [-0.15, -0.1) is 0 Å². The highest BCUT2D eigenvalue weighted by molar-refractivity contribution is 5.71. The average Bonchev–Trinajstić information content (AvgIpc) is 2.40. The Morgan fingerprint density at radius 1 is 1.12 bits per heavy atom. The minimum atomic E-state index is -0.402. The smallest absolute Gasteiger partial charge is 0.408 e. The molecule has 16 heavy (non-hydrogen) atoms. The Labute approximate surface area is 96.5 Å². The number of rotatable bonds is 0. The maximum Gasteiger partial charge on any atom is 0.417 e. The quantitative estimate of drug-likeness (QED) is 0.738. The summed E-state index contributed by atoms with van der Waals surface area (Å²) in [5.74, 6) is -0.402. The van der Waals surface area contributed by atoms with Crippen LogP contribution in [0.1, 0.15) is 35.1 Å². The molecule has 3 nitrogen and oxygen atoms in total. The summed E-state index contributed by atoms with van der Waals surface area (Å²) >= 11 is 0. The van der Waals surface area contributed by atoms with E-state index in [9.17, 15) is 4.79 Å². The summed E-state index contributed by atoms with van der Waals surface area (Å²) < 4.78 is 4.76. The van der Waals surface area contributed by atoms with Crippen molar-refractivity contribution in [3.63, 3.8) is 0 Å². The second-order valence-corrected chi connectivity index (χ2v) is 5.01. The molecule has 1 N–H and O–H groups in total. The molecule has 0 amide bonds. The first-order chi connectivity index (χ1) is 6.86.